The molecule has 0 bridgehead atoms. The molecule has 0 radical (unpaired) electrons. The summed E-state index contributed by atoms with van der Waals surface area (Å²) in [4.78, 5) is 44.2. The van der Waals surface area contributed by atoms with Crippen molar-refractivity contribution in [2.75, 3.05) is 80.9 Å². The average molecular weight is 1060 g/mol. The molecule has 1 amide bonds. The van der Waals surface area contributed by atoms with Crippen molar-refractivity contribution in [1.29, 1.82) is 0 Å². The number of sulfonamides is 1. The van der Waals surface area contributed by atoms with Crippen LogP contribution in [0.1, 0.15) is 98.2 Å². The van der Waals surface area contributed by atoms with Gasteiger partial charge in [0, 0.05) is 73.8 Å². The maximum atomic E-state index is 14.9. The molecule has 20 heteroatoms. The third kappa shape index (κ3) is 8.54. The Morgan fingerprint density at radius 3 is 2.49 bits per heavy atom. The number of carbonyl (C=O) groups is 1. The zero-order chi connectivity index (χ0) is 51.5. The molecule has 9 heterocycles. The van der Waals surface area contributed by atoms with Crippen molar-refractivity contribution >= 4 is 55.4 Å². The van der Waals surface area contributed by atoms with Gasteiger partial charge in [-0.1, -0.05) is 24.3 Å². The number of nitrogens with zero attached hydrogens (tertiary/aromatic N) is 6. The molecule has 2 aromatic heterocycles. The number of nitro groups is 1. The second-order valence-corrected chi connectivity index (χ2v) is 24.6. The first kappa shape index (κ1) is 48.3. The van der Waals surface area contributed by atoms with E-state index in [0.29, 0.717) is 81.0 Å². The van der Waals surface area contributed by atoms with E-state index in [1.165, 1.54) is 44.6 Å². The number of aromatic nitrogens is 2. The van der Waals surface area contributed by atoms with Crippen LogP contribution in [0.4, 0.5) is 28.4 Å². The Balaban J connectivity index is 0.741. The number of rotatable bonds is 11. The molecule has 5 aromatic rings. The highest BCUT2D eigenvalue weighted by Crippen LogP contribution is 2.56. The van der Waals surface area contributed by atoms with Gasteiger partial charge in [0.25, 0.3) is 21.6 Å². The van der Waals surface area contributed by atoms with Gasteiger partial charge < -0.3 is 43.8 Å². The molecule has 2 aliphatic carbocycles. The number of carbonyl (C=O) groups excluding carboxylic acids is 1. The lowest BCUT2D eigenvalue weighted by molar-refractivity contribution is -0.384. The number of fused-ring (bicyclic) bond motifs is 4. The maximum Gasteiger partial charge on any atom is 0.297 e. The number of hydrogen-bond donors (Lipinski definition) is 3. The van der Waals surface area contributed by atoms with E-state index in [2.05, 4.69) is 65.8 Å². The van der Waals surface area contributed by atoms with Gasteiger partial charge in [-0.3, -0.25) is 24.7 Å². The standard InChI is InChI=1S/C56H65N9O10S/c1-33-28-73-50(27-63(33)38-29-72-30-38)43-31-74-49-24-39(23-47(65(67)68)52(49)58-43)76(69,70)60-54(66)42-11-10-36(22-46(42)64-45-13-20-71-32-51(45)75-55-48(64)21-35-12-16-57-53(35)59-55)61-18-14-56(15-19-61)25-37(26-56)62-17-4-7-44(62)41-6-3-2-5-40(41)34-8-9-34/h2-3,5-6,10-12,16,21-24,33-34,37-38,43-45,50-51,58H,4,7-9,13-15,17-20,25-32H2,1H3,(H,57,59)(H,60,66)/t33-,43+,44+,45-,50-,51+/m1/s1. The van der Waals surface area contributed by atoms with Crippen molar-refractivity contribution in [1.82, 2.24) is 24.5 Å². The Morgan fingerprint density at radius 1 is 0.868 bits per heavy atom. The van der Waals surface area contributed by atoms with Crippen LogP contribution in [0.15, 0.2) is 77.8 Å². The van der Waals surface area contributed by atoms with Crippen LogP contribution in [0, 0.1) is 15.5 Å². The highest BCUT2D eigenvalue weighted by atomic mass is 32.2. The van der Waals surface area contributed by atoms with Crippen molar-refractivity contribution in [2.24, 2.45) is 5.41 Å². The van der Waals surface area contributed by atoms with Crippen LogP contribution in [0.5, 0.6) is 11.6 Å². The zero-order valence-electron chi connectivity index (χ0n) is 42.7. The van der Waals surface area contributed by atoms with Crippen molar-refractivity contribution in [3.05, 3.63) is 99.7 Å². The van der Waals surface area contributed by atoms with E-state index >= 15 is 0 Å². The molecule has 400 valence electrons. The zero-order valence-corrected chi connectivity index (χ0v) is 43.5. The van der Waals surface area contributed by atoms with Crippen molar-refractivity contribution in [2.45, 2.75) is 124 Å². The molecule has 0 unspecified atom stereocenters. The third-order valence-electron chi connectivity index (χ3n) is 18.3. The lowest BCUT2D eigenvalue weighted by Crippen LogP contribution is -2.62. The van der Waals surface area contributed by atoms with Crippen molar-refractivity contribution in [3.8, 4) is 11.6 Å². The lowest BCUT2D eigenvalue weighted by atomic mass is 9.59. The number of hydrogen-bond acceptors (Lipinski definition) is 16. The topological polar surface area (TPSA) is 206 Å². The minimum atomic E-state index is -4.73. The van der Waals surface area contributed by atoms with Gasteiger partial charge in [0.15, 0.2) is 11.4 Å². The van der Waals surface area contributed by atoms with Crippen molar-refractivity contribution < 1.29 is 41.8 Å². The Morgan fingerprint density at radius 2 is 1.70 bits per heavy atom. The number of morpholine rings is 1. The van der Waals surface area contributed by atoms with Gasteiger partial charge in [-0.2, -0.15) is 4.98 Å². The lowest BCUT2D eigenvalue weighted by Gasteiger charge is -2.56. The third-order valence-corrected chi connectivity index (χ3v) is 19.6. The highest BCUT2D eigenvalue weighted by Gasteiger charge is 2.51. The molecule has 76 heavy (non-hydrogen) atoms. The fraction of sp³-hybridized carbons (Fsp3) is 0.536. The van der Waals surface area contributed by atoms with Gasteiger partial charge in [-0.25, -0.2) is 13.1 Å². The van der Waals surface area contributed by atoms with Gasteiger partial charge in [0.05, 0.1) is 71.7 Å². The summed E-state index contributed by atoms with van der Waals surface area (Å²) in [5.74, 6) is 0.202. The molecule has 1 spiro atoms. The Kier molecular flexibility index (Phi) is 12.0. The molecular formula is C56H65N9O10S. The molecule has 14 rings (SSSR count). The predicted octanol–water partition coefficient (Wildman–Crippen LogP) is 7.40. The molecule has 3 N–H and O–H groups in total. The summed E-state index contributed by atoms with van der Waals surface area (Å²) >= 11 is 0. The number of pyridine rings is 1. The molecule has 6 atom stereocenters. The Hall–Kier alpha value is -6.03. The number of nitrogens with one attached hydrogen (secondary N) is 3. The van der Waals surface area contributed by atoms with Crippen LogP contribution < -0.4 is 29.3 Å². The highest BCUT2D eigenvalue weighted by molar-refractivity contribution is 7.90. The summed E-state index contributed by atoms with van der Waals surface area (Å²) in [6, 6.07) is 21.8. The molecule has 7 fully saturated rings. The molecular weight excluding hydrogens is 991 g/mol. The normalized spacial score (nSPS) is 27.8. The van der Waals surface area contributed by atoms with Gasteiger partial charge in [-0.05, 0) is 124 Å². The van der Waals surface area contributed by atoms with Gasteiger partial charge >= 0.3 is 0 Å². The summed E-state index contributed by atoms with van der Waals surface area (Å²) in [7, 11) is -4.73. The largest absolute Gasteiger partial charge is 0.489 e. The van der Waals surface area contributed by atoms with Crippen molar-refractivity contribution in [3.63, 3.8) is 0 Å². The molecule has 19 nitrogen and oxygen atoms in total. The first-order valence-corrected chi connectivity index (χ1v) is 28.9. The monoisotopic (exact) mass is 1060 g/mol. The summed E-state index contributed by atoms with van der Waals surface area (Å²) in [5, 5.41) is 16.8. The van der Waals surface area contributed by atoms with E-state index < -0.39 is 43.6 Å². The van der Waals surface area contributed by atoms with E-state index in [4.69, 9.17) is 28.7 Å². The number of ether oxygens (including phenoxy) is 5. The van der Waals surface area contributed by atoms with Gasteiger partial charge in [-0.15, -0.1) is 0 Å². The number of piperidine rings is 1. The minimum absolute atomic E-state index is 0.00795. The summed E-state index contributed by atoms with van der Waals surface area (Å²) in [5.41, 5.74) is 5.80. The Bertz CT molecular complexity index is 3200. The van der Waals surface area contributed by atoms with E-state index in [-0.39, 0.29) is 53.3 Å². The number of benzene rings is 3. The van der Waals surface area contributed by atoms with Gasteiger partial charge in [0.1, 0.15) is 24.0 Å². The van der Waals surface area contributed by atoms with Crippen LogP contribution in [0.3, 0.4) is 0 Å². The summed E-state index contributed by atoms with van der Waals surface area (Å²) in [6.07, 6.45) is 11.2. The van der Waals surface area contributed by atoms with Gasteiger partial charge in [0.2, 0.25) is 5.88 Å². The smallest absolute Gasteiger partial charge is 0.297 e. The predicted molar refractivity (Wildman–Crippen MR) is 283 cm³/mol. The van der Waals surface area contributed by atoms with Crippen LogP contribution in [-0.2, 0) is 24.2 Å². The molecule has 7 aliphatic heterocycles. The van der Waals surface area contributed by atoms with Crippen LogP contribution in [0.2, 0.25) is 0 Å². The quantitative estimate of drug-likeness (QED) is 0.0870. The number of aromatic amines is 1. The first-order valence-electron chi connectivity index (χ1n) is 27.5. The second kappa shape index (κ2) is 18.9. The van der Waals surface area contributed by atoms with E-state index in [9.17, 15) is 23.3 Å². The fourth-order valence-electron chi connectivity index (χ4n) is 14.0. The van der Waals surface area contributed by atoms with Crippen LogP contribution >= 0.6 is 0 Å². The number of anilines is 4. The fourth-order valence-corrected chi connectivity index (χ4v) is 15.0. The Labute approximate surface area is 441 Å². The molecule has 5 saturated heterocycles. The van der Waals surface area contributed by atoms with E-state index in [1.807, 2.05) is 30.5 Å². The minimum Gasteiger partial charge on any atom is -0.489 e. The average Bonchev–Trinajstić information content (AvgIpc) is 4.01. The first-order chi connectivity index (χ1) is 37.0. The molecule has 3 aromatic carbocycles. The van der Waals surface area contributed by atoms with E-state index in [1.54, 1.807) is 17.2 Å². The van der Waals surface area contributed by atoms with Crippen LogP contribution in [-0.4, -0.2) is 147 Å². The van der Waals surface area contributed by atoms with E-state index in [0.717, 1.165) is 55.5 Å². The number of amides is 1. The second-order valence-electron chi connectivity index (χ2n) is 22.9. The number of H-pyrrole nitrogens is 1. The van der Waals surface area contributed by atoms with Crippen LogP contribution in [0.25, 0.3) is 11.0 Å². The summed E-state index contributed by atoms with van der Waals surface area (Å²) in [6.45, 7) is 8.14. The molecule has 9 aliphatic rings. The SMILES string of the molecule is C[C@@H]1CO[C@@H]([C@@H]2COc3cc(S(=O)(=O)NC(=O)c4ccc(N5CCC6(CC5)CC(N5CCC[C@H]5c5ccccc5C5CC5)C6)cc4N4c5cc6cc[nH]c6nc5O[C@H]5COCC[C@H]54)cc([N+](=O)[O-])c3N2)CN1C1COC1. The summed E-state index contributed by atoms with van der Waals surface area (Å²) < 4.78 is 61.6. The number of nitro benzene ring substituents is 1. The maximum absolute atomic E-state index is 14.9. The number of likely N-dealkylation sites (tertiary alicyclic amines) is 1. The molecule has 2 saturated carbocycles.